The lowest BCUT2D eigenvalue weighted by molar-refractivity contribution is -0.114. The Morgan fingerprint density at radius 3 is 1.65 bits per heavy atom. The number of H-pyrrole nitrogens is 2. The minimum absolute atomic E-state index is 0.161. The highest BCUT2D eigenvalue weighted by molar-refractivity contribution is 6.08. The number of piperidine rings is 1. The maximum absolute atomic E-state index is 13.5. The molecule has 2 fully saturated rings. The summed E-state index contributed by atoms with van der Waals surface area (Å²) in [5.74, 6) is 3.43. The quantitative estimate of drug-likeness (QED) is 0.107. The van der Waals surface area contributed by atoms with E-state index in [1.165, 1.54) is 19.3 Å². The Kier molecular flexibility index (Phi) is 14.8. The Hall–Kier alpha value is -8.60. The second-order valence-electron chi connectivity index (χ2n) is 19.7. The molecule has 0 aliphatic carbocycles. The van der Waals surface area contributed by atoms with Gasteiger partial charge < -0.3 is 35.0 Å². The number of benzene rings is 2. The largest absolute Gasteiger partial charge is 0.375 e. The highest BCUT2D eigenvalue weighted by Crippen LogP contribution is 2.37. The molecule has 0 unspecified atom stereocenters. The van der Waals surface area contributed by atoms with Crippen molar-refractivity contribution in [3.63, 3.8) is 0 Å². The fraction of sp³-hybridized carbons (Fsp3) is 0.407. The van der Waals surface area contributed by atoms with Gasteiger partial charge in [0.25, 0.3) is 11.8 Å². The summed E-state index contributed by atoms with van der Waals surface area (Å²) in [5, 5.41) is 47.2. The number of tetrazole rings is 2. The van der Waals surface area contributed by atoms with E-state index in [-0.39, 0.29) is 30.0 Å². The molecule has 0 spiro atoms. The van der Waals surface area contributed by atoms with E-state index in [1.807, 2.05) is 120 Å². The zero-order chi connectivity index (χ0) is 54.1. The Balaban J connectivity index is 0.000000169. The van der Waals surface area contributed by atoms with Crippen LogP contribution in [-0.4, -0.2) is 136 Å². The Morgan fingerprint density at radius 1 is 0.675 bits per heavy atom. The van der Waals surface area contributed by atoms with Crippen LogP contribution in [0, 0.1) is 5.92 Å². The third-order valence-corrected chi connectivity index (χ3v) is 15.1. The number of carbonyl (C=O) groups is 2. The summed E-state index contributed by atoms with van der Waals surface area (Å²) >= 11 is 0. The van der Waals surface area contributed by atoms with Crippen LogP contribution < -0.4 is 30.2 Å². The first-order valence-electron chi connectivity index (χ1n) is 26.4. The summed E-state index contributed by atoms with van der Waals surface area (Å²) in [4.78, 5) is 44.4. The number of allylic oxidation sites excluding steroid dienone is 2. The number of aromatic amines is 2. The van der Waals surface area contributed by atoms with Crippen molar-refractivity contribution < 1.29 is 14.3 Å². The molecule has 12 rings (SSSR count). The molecular formula is C54H66N20O3. The van der Waals surface area contributed by atoms with Crippen molar-refractivity contribution in [2.75, 3.05) is 77.1 Å². The zero-order valence-corrected chi connectivity index (χ0v) is 45.3. The summed E-state index contributed by atoms with van der Waals surface area (Å²) in [6.45, 7) is 20.3. The number of nitrogens with one attached hydrogen (secondary N) is 4. The minimum Gasteiger partial charge on any atom is -0.375 e. The van der Waals surface area contributed by atoms with E-state index in [0.717, 1.165) is 93.5 Å². The monoisotopic (exact) mass is 1040 g/mol. The van der Waals surface area contributed by atoms with Gasteiger partial charge in [-0.05, 0) is 135 Å². The first kappa shape index (κ1) is 51.9. The van der Waals surface area contributed by atoms with E-state index in [9.17, 15) is 9.59 Å². The second-order valence-corrected chi connectivity index (χ2v) is 19.7. The van der Waals surface area contributed by atoms with Gasteiger partial charge in [-0.15, -0.1) is 0 Å². The van der Waals surface area contributed by atoms with Gasteiger partial charge in [0, 0.05) is 97.3 Å². The van der Waals surface area contributed by atoms with Crippen molar-refractivity contribution >= 4 is 68.5 Å². The van der Waals surface area contributed by atoms with E-state index in [0.29, 0.717) is 46.9 Å². The average molecular weight is 1040 g/mol. The predicted octanol–water partition coefficient (Wildman–Crippen LogP) is 7.95. The van der Waals surface area contributed by atoms with Crippen LogP contribution in [0.4, 0.5) is 34.9 Å². The molecule has 10 heterocycles. The first-order valence-corrected chi connectivity index (χ1v) is 26.4. The van der Waals surface area contributed by atoms with Crippen molar-refractivity contribution in [2.45, 2.75) is 92.8 Å². The molecule has 4 aliphatic rings. The van der Waals surface area contributed by atoms with Crippen molar-refractivity contribution in [2.24, 2.45) is 5.92 Å². The lowest BCUT2D eigenvalue weighted by Crippen LogP contribution is -2.41. The molecule has 2 aromatic carbocycles. The molecule has 77 heavy (non-hydrogen) atoms. The number of carbonyl (C=O) groups excluding carboxylic acids is 2. The van der Waals surface area contributed by atoms with Crippen LogP contribution in [0.2, 0.25) is 0 Å². The number of anilines is 6. The number of hydrogen-bond donors (Lipinski definition) is 4. The summed E-state index contributed by atoms with van der Waals surface area (Å²) in [5.41, 5.74) is 9.58. The van der Waals surface area contributed by atoms with Crippen molar-refractivity contribution in [3.05, 3.63) is 95.6 Å². The molecule has 0 radical (unpaired) electrons. The van der Waals surface area contributed by atoms with E-state index in [2.05, 4.69) is 108 Å². The maximum atomic E-state index is 13.5. The maximum Gasteiger partial charge on any atom is 0.255 e. The van der Waals surface area contributed by atoms with Gasteiger partial charge in [0.05, 0.1) is 47.0 Å². The van der Waals surface area contributed by atoms with Gasteiger partial charge in [0.15, 0.2) is 0 Å². The summed E-state index contributed by atoms with van der Waals surface area (Å²) in [7, 11) is 3.71. The Bertz CT molecular complexity index is 3520. The van der Waals surface area contributed by atoms with Crippen molar-refractivity contribution in [3.8, 4) is 22.5 Å². The van der Waals surface area contributed by atoms with E-state index < -0.39 is 0 Å². The van der Waals surface area contributed by atoms with Gasteiger partial charge in [0.1, 0.15) is 23.0 Å². The van der Waals surface area contributed by atoms with Crippen molar-refractivity contribution in [1.29, 1.82) is 0 Å². The highest BCUT2D eigenvalue weighted by Gasteiger charge is 2.34. The minimum atomic E-state index is -0.299. The Labute approximate surface area is 446 Å². The SMILES string of the molecule is CC.CC1=C(C(=O)Nc2ccc3[nH]nc(-c4ccnc(N5CCO[C@H](C)C5)c4)c3c2)[C@@H](C)n2nnnc2N1C.CC[C@H]1CCCN(c2cc(-c3n[nH]c4ccc(NC(=O)C5=C(C)N(C)c6nnnn6[C@@H]5C)cc34)ccn2)C1. The fourth-order valence-electron chi connectivity index (χ4n) is 10.7. The molecule has 0 bridgehead atoms. The van der Waals surface area contributed by atoms with Gasteiger partial charge >= 0.3 is 0 Å². The van der Waals surface area contributed by atoms with Gasteiger partial charge in [-0.1, -0.05) is 37.4 Å². The number of rotatable bonds is 9. The molecule has 4 atom stereocenters. The molecule has 400 valence electrons. The smallest absolute Gasteiger partial charge is 0.255 e. The molecule has 2 saturated heterocycles. The van der Waals surface area contributed by atoms with Crippen LogP contribution in [0.1, 0.15) is 86.7 Å². The van der Waals surface area contributed by atoms with Gasteiger partial charge in [0.2, 0.25) is 11.9 Å². The normalized spacial score (nSPS) is 19.4. The molecular weight excluding hydrogens is 977 g/mol. The number of aromatic nitrogens is 14. The standard InChI is InChI=1S/C27H32N10O.C25H28N10O2.C2H6/c1-5-18-7-6-12-36(15-18)23-13-19(10-11-28-23)25-21-14-20(8-9-22(21)30-31-25)29-26(38)24-16(2)35(4)27-32-33-34-37(27)17(24)3;1-14-13-34(9-10-37-14)21-11-17(7-8-26-21)23-19-12-18(5-6-20(19)28-29-23)27-24(36)22-15(2)33(4)25-30-31-32-35(25)16(22)3;1-2/h8-11,13-14,17-18H,5-7,12,15H2,1-4H3,(H,29,38)(H,30,31);5-8,11-12,14,16H,9-10,13H2,1-4H3,(H,27,36)(H,28,29);1-2H3/t17-,18+;14-,16-;/m11./s1. The number of hydrogen-bond acceptors (Lipinski definition) is 17. The molecule has 0 saturated carbocycles. The first-order chi connectivity index (χ1) is 37.3. The van der Waals surface area contributed by atoms with Crippen LogP contribution in [0.15, 0.2) is 95.6 Å². The van der Waals surface area contributed by atoms with Crippen LogP contribution >= 0.6 is 0 Å². The van der Waals surface area contributed by atoms with Crippen LogP contribution in [0.25, 0.3) is 44.3 Å². The zero-order valence-electron chi connectivity index (χ0n) is 45.3. The van der Waals surface area contributed by atoms with E-state index in [4.69, 9.17) is 4.74 Å². The van der Waals surface area contributed by atoms with Crippen LogP contribution in [0.3, 0.4) is 0 Å². The predicted molar refractivity (Wildman–Crippen MR) is 297 cm³/mol. The van der Waals surface area contributed by atoms with Gasteiger partial charge in [-0.25, -0.2) is 19.3 Å². The molecule has 6 aromatic heterocycles. The molecule has 23 heteroatoms. The number of fused-ring (bicyclic) bond motifs is 4. The van der Waals surface area contributed by atoms with Crippen LogP contribution in [-0.2, 0) is 14.3 Å². The molecule has 4 N–H and O–H groups in total. The number of nitrogens with zero attached hydrogens (tertiary/aromatic N) is 16. The molecule has 4 aliphatic heterocycles. The van der Waals surface area contributed by atoms with Gasteiger partial charge in [-0.3, -0.25) is 19.8 Å². The summed E-state index contributed by atoms with van der Waals surface area (Å²) < 4.78 is 8.98. The lowest BCUT2D eigenvalue weighted by atomic mass is 9.95. The molecule has 23 nitrogen and oxygen atoms in total. The number of pyridine rings is 2. The second kappa shape index (κ2) is 21.9. The molecule has 8 aromatic rings. The molecule has 2 amide bonds. The third-order valence-electron chi connectivity index (χ3n) is 15.1. The topological polar surface area (TPSA) is 251 Å². The number of ether oxygens (including phenoxy) is 1. The lowest BCUT2D eigenvalue weighted by Gasteiger charge is -2.33. The van der Waals surface area contributed by atoms with E-state index >= 15 is 0 Å². The van der Waals surface area contributed by atoms with Gasteiger partial charge in [-0.2, -0.15) is 10.2 Å². The van der Waals surface area contributed by atoms with E-state index in [1.54, 1.807) is 15.6 Å². The number of morpholine rings is 1. The highest BCUT2D eigenvalue weighted by atomic mass is 16.5. The fourth-order valence-corrected chi connectivity index (χ4v) is 10.7. The number of amides is 2. The Morgan fingerprint density at radius 2 is 1.17 bits per heavy atom. The van der Waals surface area contributed by atoms with Crippen molar-refractivity contribution in [1.82, 2.24) is 70.8 Å². The third kappa shape index (κ3) is 10.0. The summed E-state index contributed by atoms with van der Waals surface area (Å²) in [6, 6.07) is 19.0. The summed E-state index contributed by atoms with van der Waals surface area (Å²) in [6.07, 6.45) is 7.49. The van der Waals surface area contributed by atoms with Crippen LogP contribution in [0.5, 0.6) is 0 Å². The average Bonchev–Trinajstić information content (AvgIpc) is 4.36.